The molecule has 0 radical (unpaired) electrons. The minimum atomic E-state index is -0.699. The normalized spacial score (nSPS) is 24.9. The largest absolute Gasteiger partial charge is 0.348 e. The number of carbonyl (C=O) groups is 1. The molecule has 3 aromatic rings. The van der Waals surface area contributed by atoms with Crippen molar-refractivity contribution in [2.75, 3.05) is 0 Å². The van der Waals surface area contributed by atoms with Crippen LogP contribution in [0.2, 0.25) is 5.02 Å². The van der Waals surface area contributed by atoms with E-state index in [-0.39, 0.29) is 17.7 Å². The third-order valence-corrected chi connectivity index (χ3v) is 6.90. The third kappa shape index (κ3) is 3.41. The molecule has 0 saturated heterocycles. The topological polar surface area (TPSA) is 70.8 Å². The van der Waals surface area contributed by atoms with Gasteiger partial charge in [0.1, 0.15) is 17.2 Å². The lowest BCUT2D eigenvalue weighted by Gasteiger charge is -2.69. The molecule has 3 saturated carbocycles. The first-order chi connectivity index (χ1) is 14.8. The van der Waals surface area contributed by atoms with Crippen LogP contribution < -0.4 is 5.32 Å². The third-order valence-electron chi connectivity index (χ3n) is 6.60. The van der Waals surface area contributed by atoms with Crippen molar-refractivity contribution in [1.29, 1.82) is 5.41 Å². The highest BCUT2D eigenvalue weighted by atomic mass is 35.5. The molecule has 2 bridgehead atoms. The second kappa shape index (κ2) is 7.12. The summed E-state index contributed by atoms with van der Waals surface area (Å²) in [5.74, 6) is -1.51. The number of fused-ring (bicyclic) bond motifs is 1. The van der Waals surface area contributed by atoms with Crippen molar-refractivity contribution in [2.24, 2.45) is 10.8 Å². The van der Waals surface area contributed by atoms with E-state index in [1.165, 1.54) is 12.1 Å². The predicted octanol–water partition coefficient (Wildman–Crippen LogP) is 5.04. The SMILES string of the molecule is N=CCC(NC(=O)C12CC(Cn3cc4cccc(Cl)c4n3)(C1)C2)c1cc(F)cc(F)c1. The molecule has 1 unspecified atom stereocenters. The monoisotopic (exact) mass is 442 g/mol. The zero-order valence-corrected chi connectivity index (χ0v) is 17.4. The van der Waals surface area contributed by atoms with Gasteiger partial charge in [-0.3, -0.25) is 9.48 Å². The first-order valence-corrected chi connectivity index (χ1v) is 10.6. The van der Waals surface area contributed by atoms with Crippen molar-refractivity contribution in [3.63, 3.8) is 0 Å². The van der Waals surface area contributed by atoms with Gasteiger partial charge in [-0.1, -0.05) is 23.7 Å². The van der Waals surface area contributed by atoms with E-state index in [0.717, 1.165) is 49.0 Å². The van der Waals surface area contributed by atoms with E-state index >= 15 is 0 Å². The van der Waals surface area contributed by atoms with Gasteiger partial charge in [0, 0.05) is 30.6 Å². The lowest BCUT2D eigenvalue weighted by molar-refractivity contribution is -0.214. The molecule has 3 aliphatic rings. The van der Waals surface area contributed by atoms with Gasteiger partial charge in [-0.15, -0.1) is 0 Å². The maximum Gasteiger partial charge on any atom is 0.226 e. The van der Waals surface area contributed by atoms with E-state index < -0.39 is 23.1 Å². The molecule has 5 nitrogen and oxygen atoms in total. The standard InChI is InChI=1S/C23H21ClF2N4O/c24-18-3-1-2-14-9-30(29-20(14)18)13-22-10-23(11-22,12-22)21(31)28-19(4-5-27)15-6-16(25)8-17(26)7-15/h1-3,5-9,19,27H,4,10-13H2,(H,28,31). The Balaban J connectivity index is 1.25. The average molecular weight is 443 g/mol. The quantitative estimate of drug-likeness (QED) is 0.503. The van der Waals surface area contributed by atoms with Crippen molar-refractivity contribution in [1.82, 2.24) is 15.1 Å². The Labute approximate surface area is 182 Å². The summed E-state index contributed by atoms with van der Waals surface area (Å²) < 4.78 is 29.1. The Bertz CT molecular complexity index is 1170. The molecular formula is C23H21ClF2N4O. The number of nitrogens with one attached hydrogen (secondary N) is 2. The molecule has 3 aliphatic carbocycles. The summed E-state index contributed by atoms with van der Waals surface area (Å²) in [6.45, 7) is 0.728. The molecule has 1 atom stereocenters. The second-order valence-electron chi connectivity index (χ2n) is 8.98. The first kappa shape index (κ1) is 20.1. The van der Waals surface area contributed by atoms with Gasteiger partial charge in [-0.05, 0) is 54.7 Å². The maximum absolute atomic E-state index is 13.6. The van der Waals surface area contributed by atoms with Crippen molar-refractivity contribution < 1.29 is 13.6 Å². The molecule has 1 aromatic heterocycles. The Morgan fingerprint density at radius 3 is 2.61 bits per heavy atom. The molecule has 31 heavy (non-hydrogen) atoms. The van der Waals surface area contributed by atoms with Crippen molar-refractivity contribution in [3.05, 3.63) is 64.8 Å². The van der Waals surface area contributed by atoms with Gasteiger partial charge in [-0.2, -0.15) is 5.10 Å². The van der Waals surface area contributed by atoms with Crippen molar-refractivity contribution in [3.8, 4) is 0 Å². The number of nitrogens with zero attached hydrogens (tertiary/aromatic N) is 2. The van der Waals surface area contributed by atoms with Crippen LogP contribution in [0.25, 0.3) is 10.9 Å². The number of halogens is 3. The van der Waals surface area contributed by atoms with Crippen LogP contribution in [0.1, 0.15) is 37.3 Å². The number of rotatable bonds is 7. The van der Waals surface area contributed by atoms with E-state index in [1.54, 1.807) is 0 Å². The molecule has 8 heteroatoms. The lowest BCUT2D eigenvalue weighted by atomic mass is 9.35. The molecule has 6 rings (SSSR count). The number of hydrogen-bond donors (Lipinski definition) is 2. The summed E-state index contributed by atoms with van der Waals surface area (Å²) >= 11 is 6.22. The molecule has 2 N–H and O–H groups in total. The van der Waals surface area contributed by atoms with E-state index in [4.69, 9.17) is 17.0 Å². The number of carbonyl (C=O) groups excluding carboxylic acids is 1. The maximum atomic E-state index is 13.6. The molecule has 2 aromatic carbocycles. The fourth-order valence-corrected chi connectivity index (χ4v) is 5.59. The zero-order valence-electron chi connectivity index (χ0n) is 16.7. The van der Waals surface area contributed by atoms with Gasteiger partial charge < -0.3 is 10.7 Å². The smallest absolute Gasteiger partial charge is 0.226 e. The van der Waals surface area contributed by atoms with E-state index in [9.17, 15) is 13.6 Å². The van der Waals surface area contributed by atoms with Crippen LogP contribution in [0, 0.1) is 27.9 Å². The Morgan fingerprint density at radius 2 is 1.97 bits per heavy atom. The van der Waals surface area contributed by atoms with Crippen LogP contribution in [-0.2, 0) is 11.3 Å². The van der Waals surface area contributed by atoms with Gasteiger partial charge in [0.05, 0.1) is 16.5 Å². The summed E-state index contributed by atoms with van der Waals surface area (Å²) in [6, 6.07) is 8.26. The summed E-state index contributed by atoms with van der Waals surface area (Å²) in [7, 11) is 0. The molecule has 1 heterocycles. The van der Waals surface area contributed by atoms with Crippen LogP contribution >= 0.6 is 11.6 Å². The van der Waals surface area contributed by atoms with Gasteiger partial charge in [0.2, 0.25) is 5.91 Å². The summed E-state index contributed by atoms with van der Waals surface area (Å²) in [4.78, 5) is 13.0. The zero-order chi connectivity index (χ0) is 21.8. The Kier molecular flexibility index (Phi) is 4.62. The van der Waals surface area contributed by atoms with Crippen LogP contribution in [0.4, 0.5) is 8.78 Å². The predicted molar refractivity (Wildman–Crippen MR) is 114 cm³/mol. The highest BCUT2D eigenvalue weighted by Crippen LogP contribution is 2.74. The number of benzene rings is 2. The van der Waals surface area contributed by atoms with Crippen LogP contribution in [0.15, 0.2) is 42.6 Å². The summed E-state index contributed by atoms with van der Waals surface area (Å²) in [6.07, 6.45) is 5.56. The van der Waals surface area contributed by atoms with Crippen LogP contribution in [-0.4, -0.2) is 21.9 Å². The molecule has 0 spiro atoms. The molecular weight excluding hydrogens is 422 g/mol. The number of aromatic nitrogens is 2. The Morgan fingerprint density at radius 1 is 1.26 bits per heavy atom. The minimum absolute atomic E-state index is 0.0495. The second-order valence-corrected chi connectivity index (χ2v) is 9.39. The van der Waals surface area contributed by atoms with Crippen molar-refractivity contribution in [2.45, 2.75) is 38.3 Å². The highest BCUT2D eigenvalue weighted by Gasteiger charge is 2.71. The number of amides is 1. The average Bonchev–Trinajstić information content (AvgIpc) is 3.06. The molecule has 160 valence electrons. The fourth-order valence-electron chi connectivity index (χ4n) is 5.37. The number of hydrogen-bond acceptors (Lipinski definition) is 3. The van der Waals surface area contributed by atoms with E-state index in [1.807, 2.05) is 29.1 Å². The van der Waals surface area contributed by atoms with Gasteiger partial charge >= 0.3 is 0 Å². The van der Waals surface area contributed by atoms with Crippen molar-refractivity contribution >= 4 is 34.6 Å². The molecule has 0 aliphatic heterocycles. The molecule has 3 fully saturated rings. The van der Waals surface area contributed by atoms with E-state index in [2.05, 4.69) is 10.4 Å². The van der Waals surface area contributed by atoms with E-state index in [0.29, 0.717) is 10.6 Å². The summed E-state index contributed by atoms with van der Waals surface area (Å²) in [5, 5.41) is 16.5. The van der Waals surface area contributed by atoms with Gasteiger partial charge in [-0.25, -0.2) is 8.78 Å². The fraction of sp³-hybridized carbons (Fsp3) is 0.348. The molecule has 1 amide bonds. The lowest BCUT2D eigenvalue weighted by Crippen LogP contribution is -2.69. The van der Waals surface area contributed by atoms with Gasteiger partial charge in [0.25, 0.3) is 0 Å². The first-order valence-electron chi connectivity index (χ1n) is 10.2. The Hall–Kier alpha value is -2.80. The van der Waals surface area contributed by atoms with Crippen LogP contribution in [0.3, 0.4) is 0 Å². The highest BCUT2D eigenvalue weighted by molar-refractivity contribution is 6.35. The minimum Gasteiger partial charge on any atom is -0.348 e. The summed E-state index contributed by atoms with van der Waals surface area (Å²) in [5.41, 5.74) is 0.723. The van der Waals surface area contributed by atoms with Crippen LogP contribution in [0.5, 0.6) is 0 Å². The van der Waals surface area contributed by atoms with Gasteiger partial charge in [0.15, 0.2) is 0 Å².